The Bertz CT molecular complexity index is 605. The van der Waals surface area contributed by atoms with Crippen molar-refractivity contribution in [2.24, 2.45) is 3.77 Å². The standard InChI is InChI=1S/C8H9BrClNO3S2/c1-2-15(12,11-16(10,13)14)8-6-4-3-5-7(8)9/h3-6H,2H2,1H3. The van der Waals surface area contributed by atoms with Crippen LogP contribution in [0.3, 0.4) is 0 Å². The highest BCUT2D eigenvalue weighted by Gasteiger charge is 2.17. The fourth-order valence-corrected chi connectivity index (χ4v) is 5.83. The summed E-state index contributed by atoms with van der Waals surface area (Å²) in [5.41, 5.74) is 0. The Hall–Kier alpha value is -0.110. The van der Waals surface area contributed by atoms with Crippen molar-refractivity contribution in [3.05, 3.63) is 28.7 Å². The molecule has 0 saturated carbocycles. The third kappa shape index (κ3) is 3.44. The number of rotatable bonds is 3. The van der Waals surface area contributed by atoms with Crippen LogP contribution in [0.4, 0.5) is 0 Å². The summed E-state index contributed by atoms with van der Waals surface area (Å²) in [4.78, 5) is 0.335. The Kier molecular flexibility index (Phi) is 4.39. The van der Waals surface area contributed by atoms with Crippen LogP contribution >= 0.6 is 26.6 Å². The van der Waals surface area contributed by atoms with Crippen LogP contribution in [-0.4, -0.2) is 18.4 Å². The number of halogens is 2. The van der Waals surface area contributed by atoms with E-state index in [-0.39, 0.29) is 5.75 Å². The van der Waals surface area contributed by atoms with Gasteiger partial charge in [0.25, 0.3) is 0 Å². The van der Waals surface area contributed by atoms with Gasteiger partial charge in [0, 0.05) is 20.9 Å². The van der Waals surface area contributed by atoms with Crippen LogP contribution in [0, 0.1) is 0 Å². The average Bonchev–Trinajstić information content (AvgIpc) is 2.15. The lowest BCUT2D eigenvalue weighted by atomic mass is 10.4. The van der Waals surface area contributed by atoms with E-state index < -0.39 is 19.0 Å². The molecule has 8 heteroatoms. The van der Waals surface area contributed by atoms with Crippen LogP contribution in [0.15, 0.2) is 37.4 Å². The molecule has 4 nitrogen and oxygen atoms in total. The molecular weight excluding hydrogens is 338 g/mol. The van der Waals surface area contributed by atoms with Crippen LogP contribution in [0.2, 0.25) is 0 Å². The van der Waals surface area contributed by atoms with Crippen LogP contribution in [0.25, 0.3) is 0 Å². The Labute approximate surface area is 108 Å². The Balaban J connectivity index is 3.57. The molecule has 1 unspecified atom stereocenters. The molecule has 0 heterocycles. The van der Waals surface area contributed by atoms with Gasteiger partial charge in [-0.05, 0) is 28.1 Å². The van der Waals surface area contributed by atoms with Gasteiger partial charge in [0.1, 0.15) is 0 Å². The van der Waals surface area contributed by atoms with Crippen molar-refractivity contribution in [1.29, 1.82) is 0 Å². The molecule has 1 rings (SSSR count). The summed E-state index contributed by atoms with van der Waals surface area (Å²) in [6, 6.07) is 6.62. The molecule has 0 saturated heterocycles. The normalized spacial score (nSPS) is 15.4. The quantitative estimate of drug-likeness (QED) is 0.791. The highest BCUT2D eigenvalue weighted by molar-refractivity contribution is 9.10. The SMILES string of the molecule is CCS(=O)(=NS(=O)(=O)Cl)c1ccccc1Br. The molecule has 1 atom stereocenters. The first kappa shape index (κ1) is 14.0. The summed E-state index contributed by atoms with van der Waals surface area (Å²) in [7, 11) is -2.18. The molecule has 0 spiro atoms. The smallest absolute Gasteiger partial charge is 0.244 e. The van der Waals surface area contributed by atoms with Crippen LogP contribution in [-0.2, 0) is 19.0 Å². The van der Waals surface area contributed by atoms with Gasteiger partial charge in [0.15, 0.2) is 0 Å². The van der Waals surface area contributed by atoms with Crippen LogP contribution in [0.1, 0.15) is 6.92 Å². The van der Waals surface area contributed by atoms with E-state index in [0.717, 1.165) is 0 Å². The van der Waals surface area contributed by atoms with E-state index in [1.807, 2.05) is 0 Å². The number of nitrogens with zero attached hydrogens (tertiary/aromatic N) is 1. The lowest BCUT2D eigenvalue weighted by molar-refractivity contribution is 0.611. The largest absolute Gasteiger partial charge is 0.347 e. The van der Waals surface area contributed by atoms with Crippen LogP contribution < -0.4 is 0 Å². The fraction of sp³-hybridized carbons (Fsp3) is 0.250. The molecule has 1 aromatic rings. The maximum atomic E-state index is 12.3. The zero-order chi connectivity index (χ0) is 12.4. The second kappa shape index (κ2) is 5.03. The van der Waals surface area contributed by atoms with E-state index in [9.17, 15) is 12.6 Å². The van der Waals surface area contributed by atoms with E-state index in [1.165, 1.54) is 0 Å². The zero-order valence-electron chi connectivity index (χ0n) is 8.26. The van der Waals surface area contributed by atoms with Gasteiger partial charge in [-0.3, -0.25) is 0 Å². The minimum atomic E-state index is -4.16. The molecule has 0 fully saturated rings. The number of hydrogen-bond acceptors (Lipinski definition) is 3. The molecule has 0 amide bonds. The molecule has 0 aliphatic heterocycles. The van der Waals surface area contributed by atoms with Crippen molar-refractivity contribution < 1.29 is 12.6 Å². The van der Waals surface area contributed by atoms with Crippen molar-refractivity contribution in [1.82, 2.24) is 0 Å². The summed E-state index contributed by atoms with van der Waals surface area (Å²) >= 11 is 3.20. The molecule has 0 aliphatic rings. The van der Waals surface area contributed by atoms with Gasteiger partial charge in [0.2, 0.25) is 0 Å². The highest BCUT2D eigenvalue weighted by atomic mass is 79.9. The van der Waals surface area contributed by atoms with Crippen molar-refractivity contribution in [3.8, 4) is 0 Å². The van der Waals surface area contributed by atoms with Crippen molar-refractivity contribution in [2.45, 2.75) is 11.8 Å². The summed E-state index contributed by atoms with van der Waals surface area (Å²) in [5, 5.41) is 0. The average molecular weight is 347 g/mol. The lowest BCUT2D eigenvalue weighted by Gasteiger charge is -2.08. The summed E-state index contributed by atoms with van der Waals surface area (Å²) in [6.45, 7) is 1.59. The summed E-state index contributed by atoms with van der Waals surface area (Å²) < 4.78 is 37.9. The number of hydrogen-bond donors (Lipinski definition) is 0. The van der Waals surface area contributed by atoms with Crippen molar-refractivity contribution >= 4 is 45.6 Å². The maximum Gasteiger partial charge on any atom is 0.347 e. The molecule has 16 heavy (non-hydrogen) atoms. The molecular formula is C8H9BrClNO3S2. The van der Waals surface area contributed by atoms with Gasteiger partial charge in [-0.15, -0.1) is 0 Å². The Morgan fingerprint density at radius 1 is 1.31 bits per heavy atom. The van der Waals surface area contributed by atoms with E-state index in [2.05, 4.69) is 19.7 Å². The Morgan fingerprint density at radius 3 is 2.31 bits per heavy atom. The molecule has 0 N–H and O–H groups in total. The van der Waals surface area contributed by atoms with Gasteiger partial charge in [-0.1, -0.05) is 22.8 Å². The van der Waals surface area contributed by atoms with Gasteiger partial charge in [0.05, 0.1) is 14.6 Å². The first-order valence-electron chi connectivity index (χ1n) is 4.24. The number of benzene rings is 1. The summed E-state index contributed by atoms with van der Waals surface area (Å²) in [6.07, 6.45) is 0. The predicted molar refractivity (Wildman–Crippen MR) is 68.3 cm³/mol. The maximum absolute atomic E-state index is 12.3. The first-order chi connectivity index (χ1) is 7.28. The molecule has 90 valence electrons. The molecule has 0 aromatic heterocycles. The third-order valence-electron chi connectivity index (χ3n) is 1.78. The zero-order valence-corrected chi connectivity index (χ0v) is 12.2. The highest BCUT2D eigenvalue weighted by Crippen LogP contribution is 2.25. The van der Waals surface area contributed by atoms with E-state index >= 15 is 0 Å². The van der Waals surface area contributed by atoms with Crippen LogP contribution in [0.5, 0.6) is 0 Å². The molecule has 0 radical (unpaired) electrons. The van der Waals surface area contributed by atoms with Gasteiger partial charge >= 0.3 is 9.24 Å². The topological polar surface area (TPSA) is 63.6 Å². The minimum absolute atomic E-state index is 0.0710. The second-order valence-corrected chi connectivity index (χ2v) is 8.59. The van der Waals surface area contributed by atoms with E-state index in [1.54, 1.807) is 31.2 Å². The van der Waals surface area contributed by atoms with Crippen molar-refractivity contribution in [2.75, 3.05) is 5.75 Å². The lowest BCUT2D eigenvalue weighted by Crippen LogP contribution is -2.06. The van der Waals surface area contributed by atoms with E-state index in [0.29, 0.717) is 9.37 Å². The fourth-order valence-electron chi connectivity index (χ4n) is 1.10. The van der Waals surface area contributed by atoms with E-state index in [4.69, 9.17) is 10.7 Å². The molecule has 0 aliphatic carbocycles. The monoisotopic (exact) mass is 345 g/mol. The summed E-state index contributed by atoms with van der Waals surface area (Å²) in [5.74, 6) is 0.0710. The minimum Gasteiger partial charge on any atom is -0.244 e. The van der Waals surface area contributed by atoms with Gasteiger partial charge in [-0.2, -0.15) is 8.42 Å². The molecule has 0 bridgehead atoms. The molecule has 1 aromatic carbocycles. The second-order valence-electron chi connectivity index (χ2n) is 2.85. The Morgan fingerprint density at radius 2 is 1.88 bits per heavy atom. The van der Waals surface area contributed by atoms with Crippen molar-refractivity contribution in [3.63, 3.8) is 0 Å². The first-order valence-corrected chi connectivity index (χ1v) is 8.98. The van der Waals surface area contributed by atoms with Gasteiger partial charge in [-0.25, -0.2) is 4.21 Å². The predicted octanol–water partition coefficient (Wildman–Crippen LogP) is 2.78. The third-order valence-corrected chi connectivity index (χ3v) is 6.74. The van der Waals surface area contributed by atoms with Gasteiger partial charge < -0.3 is 0 Å².